The molecular weight excluding hydrogens is 254 g/mol. The van der Waals surface area contributed by atoms with Crippen molar-refractivity contribution in [3.63, 3.8) is 0 Å². The summed E-state index contributed by atoms with van der Waals surface area (Å²) in [6.07, 6.45) is 2.82. The SMILES string of the molecule is NC(=S)c1ccnc(N2CCc3ccccc3C2)c1. The highest BCUT2D eigenvalue weighted by Crippen LogP contribution is 2.23. The Morgan fingerprint density at radius 1 is 1.21 bits per heavy atom. The predicted octanol–water partition coefficient (Wildman–Crippen LogP) is 2.28. The van der Waals surface area contributed by atoms with E-state index in [0.717, 1.165) is 30.9 Å². The molecule has 0 bridgehead atoms. The first-order chi connectivity index (χ1) is 9.24. The van der Waals surface area contributed by atoms with Crippen molar-refractivity contribution in [1.82, 2.24) is 4.98 Å². The van der Waals surface area contributed by atoms with E-state index in [2.05, 4.69) is 34.1 Å². The Balaban J connectivity index is 1.89. The van der Waals surface area contributed by atoms with Gasteiger partial charge in [-0.25, -0.2) is 4.98 Å². The van der Waals surface area contributed by atoms with Gasteiger partial charge in [0.25, 0.3) is 0 Å². The minimum absolute atomic E-state index is 0.418. The van der Waals surface area contributed by atoms with Crippen molar-refractivity contribution in [3.05, 3.63) is 59.3 Å². The Hall–Kier alpha value is -1.94. The number of hydrogen-bond acceptors (Lipinski definition) is 3. The predicted molar refractivity (Wildman–Crippen MR) is 81.3 cm³/mol. The van der Waals surface area contributed by atoms with E-state index in [9.17, 15) is 0 Å². The third-order valence-electron chi connectivity index (χ3n) is 3.48. The van der Waals surface area contributed by atoms with Gasteiger partial charge in [-0.15, -0.1) is 0 Å². The summed E-state index contributed by atoms with van der Waals surface area (Å²) in [7, 11) is 0. The summed E-state index contributed by atoms with van der Waals surface area (Å²) in [6.45, 7) is 1.87. The number of nitrogens with zero attached hydrogens (tertiary/aromatic N) is 2. The average molecular weight is 269 g/mol. The number of thiocarbonyl (C=S) groups is 1. The minimum Gasteiger partial charge on any atom is -0.389 e. The number of rotatable bonds is 2. The fourth-order valence-electron chi connectivity index (χ4n) is 2.44. The van der Waals surface area contributed by atoms with Crippen molar-refractivity contribution in [2.45, 2.75) is 13.0 Å². The minimum atomic E-state index is 0.418. The number of pyridine rings is 1. The zero-order valence-corrected chi connectivity index (χ0v) is 11.4. The third-order valence-corrected chi connectivity index (χ3v) is 3.72. The summed E-state index contributed by atoms with van der Waals surface area (Å²) in [6, 6.07) is 12.4. The van der Waals surface area contributed by atoms with Crippen LogP contribution in [0.4, 0.5) is 5.82 Å². The zero-order valence-electron chi connectivity index (χ0n) is 10.5. The molecule has 0 radical (unpaired) electrons. The molecule has 0 unspecified atom stereocenters. The van der Waals surface area contributed by atoms with Gasteiger partial charge in [0.1, 0.15) is 10.8 Å². The van der Waals surface area contributed by atoms with Gasteiger partial charge in [-0.3, -0.25) is 0 Å². The molecule has 2 aromatic rings. The largest absolute Gasteiger partial charge is 0.389 e. The molecule has 19 heavy (non-hydrogen) atoms. The van der Waals surface area contributed by atoms with Crippen LogP contribution < -0.4 is 10.6 Å². The van der Waals surface area contributed by atoms with E-state index in [1.54, 1.807) is 6.20 Å². The van der Waals surface area contributed by atoms with Crippen LogP contribution in [0.1, 0.15) is 16.7 Å². The molecule has 0 aliphatic carbocycles. The molecule has 0 fully saturated rings. The molecule has 2 heterocycles. The van der Waals surface area contributed by atoms with E-state index < -0.39 is 0 Å². The fraction of sp³-hybridized carbons (Fsp3) is 0.200. The van der Waals surface area contributed by atoms with Gasteiger partial charge in [0.2, 0.25) is 0 Å². The number of anilines is 1. The van der Waals surface area contributed by atoms with Crippen molar-refractivity contribution in [2.24, 2.45) is 5.73 Å². The Labute approximate surface area is 118 Å². The number of benzene rings is 1. The molecule has 0 atom stereocenters. The molecule has 1 aliphatic rings. The van der Waals surface area contributed by atoms with E-state index in [1.807, 2.05) is 12.1 Å². The van der Waals surface area contributed by atoms with Gasteiger partial charge in [-0.1, -0.05) is 36.5 Å². The summed E-state index contributed by atoms with van der Waals surface area (Å²) in [5.41, 5.74) is 9.35. The molecule has 1 aromatic carbocycles. The maximum Gasteiger partial charge on any atom is 0.129 e. The highest BCUT2D eigenvalue weighted by molar-refractivity contribution is 7.80. The second-order valence-corrected chi connectivity index (χ2v) is 5.15. The lowest BCUT2D eigenvalue weighted by Crippen LogP contribution is -2.31. The summed E-state index contributed by atoms with van der Waals surface area (Å²) < 4.78 is 0. The van der Waals surface area contributed by atoms with Crippen LogP contribution in [0.2, 0.25) is 0 Å². The van der Waals surface area contributed by atoms with Gasteiger partial charge >= 0.3 is 0 Å². The van der Waals surface area contributed by atoms with Crippen LogP contribution in [-0.2, 0) is 13.0 Å². The van der Waals surface area contributed by atoms with Crippen LogP contribution in [0.15, 0.2) is 42.6 Å². The molecule has 1 aromatic heterocycles. The fourth-order valence-corrected chi connectivity index (χ4v) is 2.56. The van der Waals surface area contributed by atoms with Gasteiger partial charge in [-0.2, -0.15) is 0 Å². The standard InChI is InChI=1S/C15H15N3S/c16-15(19)12-5-7-17-14(9-12)18-8-6-11-3-1-2-4-13(11)10-18/h1-5,7,9H,6,8,10H2,(H2,16,19). The van der Waals surface area contributed by atoms with Crippen LogP contribution in [-0.4, -0.2) is 16.5 Å². The topological polar surface area (TPSA) is 42.1 Å². The number of hydrogen-bond donors (Lipinski definition) is 1. The number of nitrogens with two attached hydrogens (primary N) is 1. The van der Waals surface area contributed by atoms with Crippen LogP contribution in [0.25, 0.3) is 0 Å². The monoisotopic (exact) mass is 269 g/mol. The van der Waals surface area contributed by atoms with Gasteiger partial charge < -0.3 is 10.6 Å². The summed E-state index contributed by atoms with van der Waals surface area (Å²) in [4.78, 5) is 7.11. The Morgan fingerprint density at radius 3 is 2.79 bits per heavy atom. The molecule has 2 N–H and O–H groups in total. The molecule has 0 amide bonds. The van der Waals surface area contributed by atoms with Crippen LogP contribution in [0.5, 0.6) is 0 Å². The highest BCUT2D eigenvalue weighted by atomic mass is 32.1. The molecule has 0 spiro atoms. The first-order valence-corrected chi connectivity index (χ1v) is 6.72. The van der Waals surface area contributed by atoms with E-state index in [1.165, 1.54) is 11.1 Å². The van der Waals surface area contributed by atoms with Crippen molar-refractivity contribution in [3.8, 4) is 0 Å². The van der Waals surface area contributed by atoms with Crippen LogP contribution >= 0.6 is 12.2 Å². The van der Waals surface area contributed by atoms with Gasteiger partial charge in [0, 0.05) is 24.8 Å². The molecule has 3 nitrogen and oxygen atoms in total. The second-order valence-electron chi connectivity index (χ2n) is 4.71. The van der Waals surface area contributed by atoms with Crippen LogP contribution in [0.3, 0.4) is 0 Å². The van der Waals surface area contributed by atoms with Crippen molar-refractivity contribution in [2.75, 3.05) is 11.4 Å². The smallest absolute Gasteiger partial charge is 0.129 e. The molecule has 96 valence electrons. The van der Waals surface area contributed by atoms with Crippen molar-refractivity contribution >= 4 is 23.0 Å². The summed E-state index contributed by atoms with van der Waals surface area (Å²) in [5, 5.41) is 0. The summed E-state index contributed by atoms with van der Waals surface area (Å²) >= 11 is 5.02. The molecule has 1 aliphatic heterocycles. The Kier molecular flexibility index (Phi) is 3.17. The van der Waals surface area contributed by atoms with Crippen molar-refractivity contribution < 1.29 is 0 Å². The van der Waals surface area contributed by atoms with Crippen LogP contribution in [0, 0.1) is 0 Å². The van der Waals surface area contributed by atoms with Gasteiger partial charge in [0.05, 0.1) is 0 Å². The first kappa shape index (κ1) is 12.1. The molecule has 3 rings (SSSR count). The number of aromatic nitrogens is 1. The van der Waals surface area contributed by atoms with Crippen molar-refractivity contribution in [1.29, 1.82) is 0 Å². The number of fused-ring (bicyclic) bond motifs is 1. The quantitative estimate of drug-likeness (QED) is 0.849. The van der Waals surface area contributed by atoms with Gasteiger partial charge in [0.15, 0.2) is 0 Å². The molecule has 4 heteroatoms. The molecular formula is C15H15N3S. The zero-order chi connectivity index (χ0) is 13.2. The van der Waals surface area contributed by atoms with E-state index >= 15 is 0 Å². The maximum atomic E-state index is 5.67. The van der Waals surface area contributed by atoms with Gasteiger partial charge in [-0.05, 0) is 29.7 Å². The Bertz CT molecular complexity index is 624. The first-order valence-electron chi connectivity index (χ1n) is 6.31. The maximum absolute atomic E-state index is 5.67. The Morgan fingerprint density at radius 2 is 2.00 bits per heavy atom. The highest BCUT2D eigenvalue weighted by Gasteiger charge is 2.17. The molecule has 0 saturated heterocycles. The molecule has 0 saturated carbocycles. The lowest BCUT2D eigenvalue weighted by molar-refractivity contribution is 0.721. The lowest BCUT2D eigenvalue weighted by Gasteiger charge is -2.29. The second kappa shape index (κ2) is 4.97. The van der Waals surface area contributed by atoms with E-state index in [-0.39, 0.29) is 0 Å². The third kappa shape index (κ3) is 2.44. The average Bonchev–Trinajstić information content (AvgIpc) is 2.47. The van der Waals surface area contributed by atoms with E-state index in [0.29, 0.717) is 4.99 Å². The lowest BCUT2D eigenvalue weighted by atomic mass is 10.00. The van der Waals surface area contributed by atoms with E-state index in [4.69, 9.17) is 18.0 Å². The normalized spacial score (nSPS) is 14.0. The summed E-state index contributed by atoms with van der Waals surface area (Å²) in [5.74, 6) is 0.944.